The first-order valence-electron chi connectivity index (χ1n) is 5.86. The molecule has 0 saturated heterocycles. The molecule has 1 N–H and O–H groups in total. The summed E-state index contributed by atoms with van der Waals surface area (Å²) in [5, 5.41) is 9.50. The number of hydrogen-bond acceptors (Lipinski definition) is 4. The van der Waals surface area contributed by atoms with Gasteiger partial charge in [-0.25, -0.2) is 9.69 Å². The Balaban J connectivity index is 2.45. The largest absolute Gasteiger partial charge is 0.512 e. The summed E-state index contributed by atoms with van der Waals surface area (Å²) in [6.45, 7) is 2.46. The van der Waals surface area contributed by atoms with E-state index < -0.39 is 17.7 Å². The summed E-state index contributed by atoms with van der Waals surface area (Å²) in [6, 6.07) is 7.47. The van der Waals surface area contributed by atoms with Gasteiger partial charge in [0, 0.05) is 0 Å². The molecule has 3 amide bonds. The molecular weight excluding hydrogens is 260 g/mol. The van der Waals surface area contributed by atoms with Crippen LogP contribution in [0.15, 0.2) is 46.7 Å². The number of rotatable bonds is 3. The Hall–Kier alpha value is -2.76. The quantitative estimate of drug-likeness (QED) is 0.673. The predicted octanol–water partition coefficient (Wildman–Crippen LogP) is 2.02. The zero-order chi connectivity index (χ0) is 14.9. The second-order valence-corrected chi connectivity index (χ2v) is 4.24. The van der Waals surface area contributed by atoms with Crippen LogP contribution in [-0.2, 0) is 9.59 Å². The molecule has 1 aliphatic rings. The van der Waals surface area contributed by atoms with Gasteiger partial charge in [0.2, 0.25) is 0 Å². The minimum atomic E-state index is -0.781. The first kappa shape index (κ1) is 13.7. The predicted molar refractivity (Wildman–Crippen MR) is 72.8 cm³/mol. The molecule has 102 valence electrons. The maximum absolute atomic E-state index is 12.2. The highest BCUT2D eigenvalue weighted by molar-refractivity contribution is 6.61. The number of allylic oxidation sites excluding steroid dienone is 1. The van der Waals surface area contributed by atoms with E-state index in [0.717, 1.165) is 4.90 Å². The summed E-state index contributed by atoms with van der Waals surface area (Å²) < 4.78 is 0. The van der Waals surface area contributed by atoms with Crippen molar-refractivity contribution >= 4 is 29.1 Å². The Morgan fingerprint density at radius 2 is 1.75 bits per heavy atom. The molecule has 1 aromatic rings. The molecule has 0 atom stereocenters. The molecule has 0 fully saturated rings. The third kappa shape index (κ3) is 2.23. The highest BCUT2D eigenvalue weighted by atomic mass is 16.3. The molecule has 1 aliphatic heterocycles. The average molecular weight is 272 g/mol. The molecule has 6 heteroatoms. The van der Waals surface area contributed by atoms with Crippen molar-refractivity contribution in [3.8, 4) is 0 Å². The monoisotopic (exact) mass is 272 g/mol. The number of imide groups is 1. The fourth-order valence-corrected chi connectivity index (χ4v) is 1.95. The van der Waals surface area contributed by atoms with Crippen molar-refractivity contribution in [3.05, 3.63) is 41.7 Å². The van der Waals surface area contributed by atoms with Crippen molar-refractivity contribution in [1.29, 1.82) is 0 Å². The van der Waals surface area contributed by atoms with Crippen LogP contribution in [0.4, 0.5) is 10.5 Å². The van der Waals surface area contributed by atoms with Crippen molar-refractivity contribution in [3.63, 3.8) is 0 Å². The zero-order valence-electron chi connectivity index (χ0n) is 11.0. The Morgan fingerprint density at radius 3 is 2.25 bits per heavy atom. The van der Waals surface area contributed by atoms with E-state index in [-0.39, 0.29) is 17.0 Å². The number of carbonyl (C=O) groups excluding carboxylic acids is 3. The minimum Gasteiger partial charge on any atom is -0.512 e. The van der Waals surface area contributed by atoms with Crippen LogP contribution in [-0.4, -0.2) is 28.5 Å². The SMILES string of the molecule is CC(=O)C(C1=NC(=O)N(c2ccccc2)C1=O)=C(C)O. The summed E-state index contributed by atoms with van der Waals surface area (Å²) >= 11 is 0. The van der Waals surface area contributed by atoms with Gasteiger partial charge in [0.05, 0.1) is 11.3 Å². The number of aliphatic hydroxyl groups excluding tert-OH is 1. The lowest BCUT2D eigenvalue weighted by atomic mass is 10.0. The highest BCUT2D eigenvalue weighted by Gasteiger charge is 2.38. The van der Waals surface area contributed by atoms with Crippen LogP contribution in [0.3, 0.4) is 0 Å². The Kier molecular flexibility index (Phi) is 3.47. The lowest BCUT2D eigenvalue weighted by Gasteiger charge is -2.12. The van der Waals surface area contributed by atoms with Crippen LogP contribution in [0.2, 0.25) is 0 Å². The second kappa shape index (κ2) is 5.08. The van der Waals surface area contributed by atoms with Gasteiger partial charge in [-0.1, -0.05) is 18.2 Å². The van der Waals surface area contributed by atoms with Gasteiger partial charge in [0.15, 0.2) is 5.78 Å². The number of aliphatic hydroxyl groups is 1. The van der Waals surface area contributed by atoms with E-state index in [9.17, 15) is 19.5 Å². The fraction of sp³-hybridized carbons (Fsp3) is 0.143. The first-order chi connectivity index (χ1) is 9.43. The van der Waals surface area contributed by atoms with Crippen molar-refractivity contribution in [1.82, 2.24) is 0 Å². The molecule has 0 saturated carbocycles. The number of ketones is 1. The number of amides is 3. The van der Waals surface area contributed by atoms with E-state index in [1.165, 1.54) is 13.8 Å². The van der Waals surface area contributed by atoms with Crippen LogP contribution in [0.25, 0.3) is 0 Å². The van der Waals surface area contributed by atoms with Gasteiger partial charge in [-0.05, 0) is 26.0 Å². The van der Waals surface area contributed by atoms with E-state index in [0.29, 0.717) is 5.69 Å². The molecule has 0 unspecified atom stereocenters. The topological polar surface area (TPSA) is 87.0 Å². The summed E-state index contributed by atoms with van der Waals surface area (Å²) in [4.78, 5) is 40.0. The third-order valence-electron chi connectivity index (χ3n) is 2.77. The number of nitrogens with zero attached hydrogens (tertiary/aromatic N) is 2. The van der Waals surface area contributed by atoms with Gasteiger partial charge in [0.25, 0.3) is 5.91 Å². The number of aliphatic imine (C=N–C) groups is 1. The lowest BCUT2D eigenvalue weighted by Crippen LogP contribution is -2.34. The average Bonchev–Trinajstić information content (AvgIpc) is 2.65. The molecular formula is C14H12N2O4. The normalized spacial score (nSPS) is 16.1. The molecule has 0 spiro atoms. The highest BCUT2D eigenvalue weighted by Crippen LogP contribution is 2.22. The van der Waals surface area contributed by atoms with Gasteiger partial charge >= 0.3 is 6.03 Å². The summed E-state index contributed by atoms with van der Waals surface area (Å²) in [6.07, 6.45) is 0. The Morgan fingerprint density at radius 1 is 1.15 bits per heavy atom. The molecule has 0 bridgehead atoms. The number of carbonyl (C=O) groups is 3. The van der Waals surface area contributed by atoms with Crippen molar-refractivity contribution in [2.24, 2.45) is 4.99 Å². The molecule has 20 heavy (non-hydrogen) atoms. The maximum atomic E-state index is 12.2. The van der Waals surface area contributed by atoms with Crippen molar-refractivity contribution in [2.75, 3.05) is 4.90 Å². The van der Waals surface area contributed by atoms with Gasteiger partial charge in [-0.15, -0.1) is 0 Å². The van der Waals surface area contributed by atoms with Crippen LogP contribution >= 0.6 is 0 Å². The van der Waals surface area contributed by atoms with Crippen LogP contribution in [0.5, 0.6) is 0 Å². The maximum Gasteiger partial charge on any atom is 0.355 e. The van der Waals surface area contributed by atoms with Crippen molar-refractivity contribution < 1.29 is 19.5 Å². The van der Waals surface area contributed by atoms with Crippen molar-refractivity contribution in [2.45, 2.75) is 13.8 Å². The van der Waals surface area contributed by atoms with E-state index >= 15 is 0 Å². The summed E-state index contributed by atoms with van der Waals surface area (Å²) in [7, 11) is 0. The number of anilines is 1. The molecule has 0 radical (unpaired) electrons. The third-order valence-corrected chi connectivity index (χ3v) is 2.77. The number of Topliss-reactive ketones (excluding diaryl/α,β-unsaturated/α-hetero) is 1. The number of hydrogen-bond donors (Lipinski definition) is 1. The molecule has 0 aliphatic carbocycles. The standard InChI is InChI=1S/C14H12N2O4/c1-8(17)11(9(2)18)12-13(19)16(14(20)15-12)10-6-4-3-5-7-10/h3-7,17H,1-2H3. The lowest BCUT2D eigenvalue weighted by molar-refractivity contribution is -0.114. The van der Waals surface area contributed by atoms with Gasteiger partial charge < -0.3 is 5.11 Å². The summed E-state index contributed by atoms with van der Waals surface area (Å²) in [5.74, 6) is -1.59. The smallest absolute Gasteiger partial charge is 0.355 e. The molecule has 6 nitrogen and oxygen atoms in total. The molecule has 1 aromatic carbocycles. The van der Waals surface area contributed by atoms with Gasteiger partial charge in [0.1, 0.15) is 11.5 Å². The Bertz CT molecular complexity index is 655. The van der Waals surface area contributed by atoms with Gasteiger partial charge in [-0.3, -0.25) is 9.59 Å². The van der Waals surface area contributed by atoms with Gasteiger partial charge in [-0.2, -0.15) is 4.99 Å². The van der Waals surface area contributed by atoms with Crippen LogP contribution < -0.4 is 4.90 Å². The Labute approximate surface area is 115 Å². The van der Waals surface area contributed by atoms with E-state index in [1.807, 2.05) is 0 Å². The van der Waals surface area contributed by atoms with Crippen LogP contribution in [0.1, 0.15) is 13.8 Å². The second-order valence-electron chi connectivity index (χ2n) is 4.24. The number of urea groups is 1. The number of para-hydroxylation sites is 1. The van der Waals surface area contributed by atoms with E-state index in [2.05, 4.69) is 4.99 Å². The number of benzene rings is 1. The molecule has 2 rings (SSSR count). The van der Waals surface area contributed by atoms with Crippen LogP contribution in [0, 0.1) is 0 Å². The van der Waals surface area contributed by atoms with E-state index in [4.69, 9.17) is 0 Å². The minimum absolute atomic E-state index is 0.234. The zero-order valence-corrected chi connectivity index (χ0v) is 11.0. The first-order valence-corrected chi connectivity index (χ1v) is 5.86. The van der Waals surface area contributed by atoms with E-state index in [1.54, 1.807) is 30.3 Å². The molecule has 0 aromatic heterocycles. The molecule has 1 heterocycles. The fourth-order valence-electron chi connectivity index (χ4n) is 1.95. The summed E-state index contributed by atoms with van der Waals surface area (Å²) in [5.41, 5.74) is -0.201.